The van der Waals surface area contributed by atoms with E-state index in [4.69, 9.17) is 25.4 Å². The number of aryl methyl sites for hydroxylation is 1. The lowest BCUT2D eigenvalue weighted by Gasteiger charge is -2.19. The van der Waals surface area contributed by atoms with E-state index in [-0.39, 0.29) is 5.84 Å². The van der Waals surface area contributed by atoms with Crippen molar-refractivity contribution in [2.24, 2.45) is 10.9 Å². The van der Waals surface area contributed by atoms with Crippen molar-refractivity contribution in [1.29, 1.82) is 0 Å². The maximum Gasteiger partial charge on any atom is 0.186 e. The smallest absolute Gasteiger partial charge is 0.186 e. The largest absolute Gasteiger partial charge is 0.494 e. The Kier molecular flexibility index (Phi) is 10.8. The Balaban J connectivity index is 1.22. The van der Waals surface area contributed by atoms with Gasteiger partial charge in [-0.25, -0.2) is 4.98 Å². The van der Waals surface area contributed by atoms with Gasteiger partial charge in [0.25, 0.3) is 0 Å². The van der Waals surface area contributed by atoms with Crippen LogP contribution < -0.4 is 20.1 Å². The van der Waals surface area contributed by atoms with Crippen LogP contribution in [0.2, 0.25) is 0 Å². The minimum atomic E-state index is 0.0852. The molecule has 0 aliphatic carbocycles. The van der Waals surface area contributed by atoms with E-state index in [9.17, 15) is 0 Å². The van der Waals surface area contributed by atoms with Crippen LogP contribution in [0.15, 0.2) is 84.0 Å². The monoisotopic (exact) mass is 558 g/mol. The van der Waals surface area contributed by atoms with E-state index in [1.165, 1.54) is 10.4 Å². The maximum atomic E-state index is 8.73. The maximum absolute atomic E-state index is 8.73. The molecule has 4 aromatic rings. The van der Waals surface area contributed by atoms with E-state index in [0.717, 1.165) is 66.7 Å². The molecule has 0 saturated heterocycles. The number of oxime groups is 1. The van der Waals surface area contributed by atoms with Crippen LogP contribution >= 0.6 is 11.3 Å². The van der Waals surface area contributed by atoms with Gasteiger partial charge < -0.3 is 25.3 Å². The van der Waals surface area contributed by atoms with Gasteiger partial charge in [-0.15, -0.1) is 11.3 Å². The second-order valence-corrected chi connectivity index (χ2v) is 10.5. The summed E-state index contributed by atoms with van der Waals surface area (Å²) in [5.74, 6) is 1.73. The van der Waals surface area contributed by atoms with Crippen LogP contribution in [0, 0.1) is 0 Å². The van der Waals surface area contributed by atoms with E-state index < -0.39 is 0 Å². The Hall–Kier alpha value is -4.04. The van der Waals surface area contributed by atoms with Crippen molar-refractivity contribution >= 4 is 22.3 Å². The minimum absolute atomic E-state index is 0.0852. The van der Waals surface area contributed by atoms with Gasteiger partial charge >= 0.3 is 0 Å². The van der Waals surface area contributed by atoms with Gasteiger partial charge in [0.05, 0.1) is 18.9 Å². The number of anilines is 1. The number of hydrogen-bond donors (Lipinski definition) is 2. The average Bonchev–Trinajstić information content (AvgIpc) is 3.44. The Morgan fingerprint density at radius 1 is 0.875 bits per heavy atom. The lowest BCUT2D eigenvalue weighted by molar-refractivity contribution is 0.279. The summed E-state index contributed by atoms with van der Waals surface area (Å²) in [4.78, 5) is 8.70. The molecule has 8 heteroatoms. The highest BCUT2D eigenvalue weighted by atomic mass is 32.1. The minimum Gasteiger partial charge on any atom is -0.494 e. The lowest BCUT2D eigenvalue weighted by Crippen LogP contribution is -2.21. The summed E-state index contributed by atoms with van der Waals surface area (Å²) in [5.41, 5.74) is 9.72. The zero-order chi connectivity index (χ0) is 28.2. The number of nitrogens with two attached hydrogens (primary N) is 1. The molecule has 1 aromatic heterocycles. The normalized spacial score (nSPS) is 11.4. The first-order chi connectivity index (χ1) is 19.6. The molecule has 0 fully saturated rings. The fourth-order valence-corrected chi connectivity index (χ4v) is 5.39. The molecule has 7 nitrogen and oxygen atoms in total. The summed E-state index contributed by atoms with van der Waals surface area (Å²) in [6, 6.07) is 26.0. The van der Waals surface area contributed by atoms with Crippen molar-refractivity contribution in [3.63, 3.8) is 0 Å². The summed E-state index contributed by atoms with van der Waals surface area (Å²) < 4.78 is 11.8. The van der Waals surface area contributed by atoms with Gasteiger partial charge in [0.15, 0.2) is 11.0 Å². The molecule has 40 heavy (non-hydrogen) atoms. The second kappa shape index (κ2) is 14.9. The molecule has 0 unspecified atom stereocenters. The van der Waals surface area contributed by atoms with Crippen LogP contribution in [0.3, 0.4) is 0 Å². The summed E-state index contributed by atoms with van der Waals surface area (Å²) in [7, 11) is 0. The first kappa shape index (κ1) is 29.0. The van der Waals surface area contributed by atoms with Crippen molar-refractivity contribution in [1.82, 2.24) is 4.98 Å². The molecule has 0 bridgehead atoms. The van der Waals surface area contributed by atoms with Crippen molar-refractivity contribution in [3.8, 4) is 22.8 Å². The van der Waals surface area contributed by atoms with Crippen molar-refractivity contribution in [2.75, 3.05) is 24.7 Å². The highest BCUT2D eigenvalue weighted by Gasteiger charge is 2.16. The molecule has 0 aliphatic rings. The quantitative estimate of drug-likeness (QED) is 0.0530. The Morgan fingerprint density at radius 3 is 2.08 bits per heavy atom. The molecular weight excluding hydrogens is 520 g/mol. The third-order valence-electron chi connectivity index (χ3n) is 6.59. The van der Waals surface area contributed by atoms with Gasteiger partial charge in [0, 0.05) is 29.1 Å². The SMILES string of the molecule is CCc1sc(N(CC)Cc2ccccc2)nc1-c1ccc(OCCCCCOc2ccc(C(N)=NO)cc2)cc1. The average molecular weight is 559 g/mol. The lowest BCUT2D eigenvalue weighted by atomic mass is 10.1. The van der Waals surface area contributed by atoms with Gasteiger partial charge in [0.1, 0.15) is 11.5 Å². The predicted octanol–water partition coefficient (Wildman–Crippen LogP) is 7.12. The van der Waals surface area contributed by atoms with Gasteiger partial charge in [0.2, 0.25) is 0 Å². The number of unbranched alkanes of at least 4 members (excludes halogenated alkanes) is 2. The number of rotatable bonds is 15. The number of amidine groups is 1. The van der Waals surface area contributed by atoms with Gasteiger partial charge in [-0.1, -0.05) is 42.4 Å². The van der Waals surface area contributed by atoms with E-state index in [2.05, 4.69) is 66.4 Å². The Labute approximate surface area is 240 Å². The van der Waals surface area contributed by atoms with E-state index in [1.54, 1.807) is 23.5 Å². The first-order valence-corrected chi connectivity index (χ1v) is 14.7. The summed E-state index contributed by atoms with van der Waals surface area (Å²) in [5, 5.41) is 12.8. The molecule has 4 rings (SSSR count). The topological polar surface area (TPSA) is 93.2 Å². The van der Waals surface area contributed by atoms with Crippen LogP contribution in [-0.4, -0.2) is 35.8 Å². The summed E-state index contributed by atoms with van der Waals surface area (Å²) in [6.07, 6.45) is 3.86. The van der Waals surface area contributed by atoms with E-state index >= 15 is 0 Å². The predicted molar refractivity (Wildman–Crippen MR) is 164 cm³/mol. The first-order valence-electron chi connectivity index (χ1n) is 13.8. The standard InChI is InChI=1S/C32H38N4O3S/c1-3-29-30(34-32(40-29)36(4-2)23-24-11-7-5-8-12-24)25-13-17-27(18-14-25)38-21-9-6-10-22-39-28-19-15-26(16-20-28)31(33)35-37/h5,7-8,11-20,37H,3-4,6,9-10,21-23H2,1-2H3,(H2,33,35). The number of ether oxygens (including phenoxy) is 2. The van der Waals surface area contributed by atoms with Gasteiger partial charge in [-0.05, 0) is 86.7 Å². The highest BCUT2D eigenvalue weighted by Crippen LogP contribution is 2.35. The molecule has 0 atom stereocenters. The fraction of sp³-hybridized carbons (Fsp3) is 0.312. The zero-order valence-corrected chi connectivity index (χ0v) is 24.1. The number of nitrogens with zero attached hydrogens (tertiary/aromatic N) is 3. The molecule has 0 radical (unpaired) electrons. The Morgan fingerprint density at radius 2 is 1.50 bits per heavy atom. The van der Waals surface area contributed by atoms with Crippen LogP contribution in [0.5, 0.6) is 11.5 Å². The number of hydrogen-bond acceptors (Lipinski definition) is 7. The number of thiazole rings is 1. The summed E-state index contributed by atoms with van der Waals surface area (Å²) in [6.45, 7) is 7.44. The molecule has 0 amide bonds. The van der Waals surface area contributed by atoms with Gasteiger partial charge in [-0.2, -0.15) is 0 Å². The zero-order valence-electron chi connectivity index (χ0n) is 23.3. The molecule has 210 valence electrons. The fourth-order valence-electron chi connectivity index (χ4n) is 4.31. The van der Waals surface area contributed by atoms with Crippen LogP contribution in [-0.2, 0) is 13.0 Å². The van der Waals surface area contributed by atoms with Crippen molar-refractivity contribution in [2.45, 2.75) is 46.1 Å². The summed E-state index contributed by atoms with van der Waals surface area (Å²) >= 11 is 1.79. The molecule has 3 N–H and O–H groups in total. The third-order valence-corrected chi connectivity index (χ3v) is 7.85. The Bertz CT molecular complexity index is 1340. The van der Waals surface area contributed by atoms with Crippen LogP contribution in [0.25, 0.3) is 11.3 Å². The molecule has 1 heterocycles. The van der Waals surface area contributed by atoms with Crippen molar-refractivity contribution < 1.29 is 14.7 Å². The van der Waals surface area contributed by atoms with Crippen LogP contribution in [0.1, 0.15) is 49.1 Å². The second-order valence-electron chi connectivity index (χ2n) is 9.41. The van der Waals surface area contributed by atoms with E-state index in [1.807, 2.05) is 24.3 Å². The third kappa shape index (κ3) is 7.99. The highest BCUT2D eigenvalue weighted by molar-refractivity contribution is 7.16. The molecule has 3 aromatic carbocycles. The molecular formula is C32H38N4O3S. The van der Waals surface area contributed by atoms with Gasteiger partial charge in [-0.3, -0.25) is 0 Å². The molecule has 0 saturated carbocycles. The van der Waals surface area contributed by atoms with E-state index in [0.29, 0.717) is 18.8 Å². The van der Waals surface area contributed by atoms with Crippen molar-refractivity contribution in [3.05, 3.63) is 94.9 Å². The molecule has 0 spiro atoms. The number of aromatic nitrogens is 1. The molecule has 0 aliphatic heterocycles. The number of benzene rings is 3. The van der Waals surface area contributed by atoms with Crippen LogP contribution in [0.4, 0.5) is 5.13 Å².